The zero-order chi connectivity index (χ0) is 18.0. The fourth-order valence-electron chi connectivity index (χ4n) is 2.70. The van der Waals surface area contributed by atoms with E-state index in [2.05, 4.69) is 5.32 Å². The molecule has 0 atom stereocenters. The number of sulfonamides is 1. The van der Waals surface area contributed by atoms with Crippen LogP contribution < -0.4 is 9.62 Å². The number of hydrogen-bond acceptors (Lipinski definition) is 3. The highest BCUT2D eigenvalue weighted by atomic mass is 35.5. The smallest absolute Gasteiger partial charge is 0.260 e. The summed E-state index contributed by atoms with van der Waals surface area (Å²) < 4.78 is 39.4. The zero-order valence-electron chi connectivity index (χ0n) is 13.2. The van der Waals surface area contributed by atoms with E-state index in [1.165, 1.54) is 16.4 Å². The Balaban J connectivity index is 1.78. The van der Waals surface area contributed by atoms with Crippen LogP contribution in [0.15, 0.2) is 42.5 Å². The summed E-state index contributed by atoms with van der Waals surface area (Å²) in [7, 11) is -3.29. The first-order valence-corrected chi connectivity index (χ1v) is 9.73. The predicted octanol–water partition coefficient (Wildman–Crippen LogP) is 3.66. The summed E-state index contributed by atoms with van der Waals surface area (Å²) in [5, 5.41) is 2.58. The highest BCUT2D eigenvalue weighted by Gasteiger charge is 2.26. The van der Waals surface area contributed by atoms with E-state index in [4.69, 9.17) is 11.6 Å². The summed E-state index contributed by atoms with van der Waals surface area (Å²) in [6.07, 6.45) is 1.47. The molecule has 0 spiro atoms. The summed E-state index contributed by atoms with van der Waals surface area (Å²) in [6, 6.07) is 10.4. The summed E-state index contributed by atoms with van der Waals surface area (Å²) in [5.74, 6) is -1.24. The number of nitrogens with zero attached hydrogens (tertiary/aromatic N) is 1. The number of anilines is 2. The van der Waals surface area contributed by atoms with Crippen molar-refractivity contribution in [3.8, 4) is 0 Å². The van der Waals surface area contributed by atoms with Crippen LogP contribution >= 0.6 is 11.6 Å². The Morgan fingerprint density at radius 1 is 1.12 bits per heavy atom. The third-order valence-electron chi connectivity index (χ3n) is 3.95. The number of halogens is 2. The monoisotopic (exact) mass is 382 g/mol. The molecule has 0 aromatic heterocycles. The average Bonchev–Trinajstić information content (AvgIpc) is 2.55. The van der Waals surface area contributed by atoms with Gasteiger partial charge in [-0.1, -0.05) is 17.7 Å². The van der Waals surface area contributed by atoms with Gasteiger partial charge in [0.05, 0.1) is 22.0 Å². The third kappa shape index (κ3) is 3.77. The van der Waals surface area contributed by atoms with E-state index in [0.29, 0.717) is 24.3 Å². The molecule has 2 aromatic rings. The molecule has 3 rings (SSSR count). The molecule has 1 amide bonds. The number of hydrogen-bond donors (Lipinski definition) is 1. The van der Waals surface area contributed by atoms with E-state index in [9.17, 15) is 17.6 Å². The van der Waals surface area contributed by atoms with Crippen molar-refractivity contribution in [3.63, 3.8) is 0 Å². The second-order valence-corrected chi connectivity index (χ2v) is 8.11. The van der Waals surface area contributed by atoms with Gasteiger partial charge in [0.15, 0.2) is 0 Å². The predicted molar refractivity (Wildman–Crippen MR) is 96.2 cm³/mol. The molecule has 0 radical (unpaired) electrons. The molecular formula is C17H16ClFN2O3S. The lowest BCUT2D eigenvalue weighted by Gasteiger charge is -2.28. The molecule has 0 aliphatic carbocycles. The fraction of sp³-hybridized carbons (Fsp3) is 0.235. The summed E-state index contributed by atoms with van der Waals surface area (Å²) >= 11 is 5.87. The molecule has 0 bridgehead atoms. The molecule has 132 valence electrons. The van der Waals surface area contributed by atoms with Crippen LogP contribution in [0.5, 0.6) is 0 Å². The zero-order valence-corrected chi connectivity index (χ0v) is 14.8. The van der Waals surface area contributed by atoms with Gasteiger partial charge in [0.25, 0.3) is 5.91 Å². The maximum Gasteiger partial charge on any atom is 0.260 e. The Morgan fingerprint density at radius 3 is 2.48 bits per heavy atom. The van der Waals surface area contributed by atoms with Gasteiger partial charge in [-0.3, -0.25) is 9.10 Å². The summed E-state index contributed by atoms with van der Waals surface area (Å²) in [6.45, 7) is 0.443. The van der Waals surface area contributed by atoms with Crippen molar-refractivity contribution in [2.75, 3.05) is 21.9 Å². The number of carbonyl (C=O) groups excluding carboxylic acids is 1. The highest BCUT2D eigenvalue weighted by Crippen LogP contribution is 2.26. The van der Waals surface area contributed by atoms with Gasteiger partial charge in [0, 0.05) is 12.2 Å². The van der Waals surface area contributed by atoms with Crippen LogP contribution in [0, 0.1) is 5.82 Å². The first-order chi connectivity index (χ1) is 11.9. The molecule has 0 unspecified atom stereocenters. The van der Waals surface area contributed by atoms with Crippen LogP contribution in [-0.4, -0.2) is 26.6 Å². The van der Waals surface area contributed by atoms with Crippen LogP contribution in [0.3, 0.4) is 0 Å². The lowest BCUT2D eigenvalue weighted by Crippen LogP contribution is -2.37. The summed E-state index contributed by atoms with van der Waals surface area (Å²) in [5.41, 5.74) is 0.732. The average molecular weight is 383 g/mol. The van der Waals surface area contributed by atoms with E-state index >= 15 is 0 Å². The Hall–Kier alpha value is -2.12. The van der Waals surface area contributed by atoms with Gasteiger partial charge < -0.3 is 5.32 Å². The minimum atomic E-state index is -3.29. The molecule has 1 fully saturated rings. The SMILES string of the molecule is O=C(Nc1ccc(N2CCCCS2(=O)=O)cc1)c1c(F)cccc1Cl. The van der Waals surface area contributed by atoms with Gasteiger partial charge in [-0.25, -0.2) is 12.8 Å². The minimum absolute atomic E-state index is 0.0218. The molecule has 0 saturated carbocycles. The molecule has 8 heteroatoms. The van der Waals surface area contributed by atoms with Gasteiger partial charge in [-0.2, -0.15) is 0 Å². The van der Waals surface area contributed by atoms with Crippen LogP contribution in [0.25, 0.3) is 0 Å². The Bertz CT molecular complexity index is 880. The normalized spacial score (nSPS) is 16.5. The van der Waals surface area contributed by atoms with Crippen molar-refractivity contribution in [2.24, 2.45) is 0 Å². The van der Waals surface area contributed by atoms with Crippen LogP contribution in [0.1, 0.15) is 23.2 Å². The minimum Gasteiger partial charge on any atom is -0.322 e. The summed E-state index contributed by atoms with van der Waals surface area (Å²) in [4.78, 5) is 12.2. The van der Waals surface area contributed by atoms with Crippen LogP contribution in [0.2, 0.25) is 5.02 Å². The Morgan fingerprint density at radius 2 is 1.84 bits per heavy atom. The topological polar surface area (TPSA) is 66.5 Å². The third-order valence-corrected chi connectivity index (χ3v) is 6.14. The van der Waals surface area contributed by atoms with Gasteiger partial charge >= 0.3 is 0 Å². The number of rotatable bonds is 3. The number of nitrogens with one attached hydrogen (secondary N) is 1. The van der Waals surface area contributed by atoms with Crippen molar-refractivity contribution in [3.05, 3.63) is 58.9 Å². The Kier molecular flexibility index (Phi) is 4.96. The van der Waals surface area contributed by atoms with Crippen LogP contribution in [0.4, 0.5) is 15.8 Å². The molecule has 1 aliphatic heterocycles. The molecule has 1 aliphatic rings. The highest BCUT2D eigenvalue weighted by molar-refractivity contribution is 7.92. The van der Waals surface area contributed by atoms with Crippen molar-refractivity contribution in [1.29, 1.82) is 0 Å². The molecule has 1 saturated heterocycles. The van der Waals surface area contributed by atoms with E-state index < -0.39 is 21.7 Å². The van der Waals surface area contributed by atoms with E-state index in [1.807, 2.05) is 0 Å². The van der Waals surface area contributed by atoms with Crippen molar-refractivity contribution >= 4 is 38.9 Å². The van der Waals surface area contributed by atoms with Gasteiger partial charge in [-0.05, 0) is 49.2 Å². The molecule has 25 heavy (non-hydrogen) atoms. The van der Waals surface area contributed by atoms with Crippen LogP contribution in [-0.2, 0) is 10.0 Å². The lowest BCUT2D eigenvalue weighted by atomic mass is 10.2. The van der Waals surface area contributed by atoms with E-state index in [1.54, 1.807) is 24.3 Å². The maximum atomic E-state index is 13.8. The van der Waals surface area contributed by atoms with Gasteiger partial charge in [0.2, 0.25) is 10.0 Å². The van der Waals surface area contributed by atoms with Crippen molar-refractivity contribution in [1.82, 2.24) is 0 Å². The maximum absolute atomic E-state index is 13.8. The van der Waals surface area contributed by atoms with Crippen molar-refractivity contribution < 1.29 is 17.6 Å². The molecule has 1 heterocycles. The first-order valence-electron chi connectivity index (χ1n) is 7.74. The first kappa shape index (κ1) is 17.7. The van der Waals surface area contributed by atoms with Gasteiger partial charge in [-0.15, -0.1) is 0 Å². The second-order valence-electron chi connectivity index (χ2n) is 5.69. The number of benzene rings is 2. The van der Waals surface area contributed by atoms with E-state index in [-0.39, 0.29) is 16.3 Å². The fourth-order valence-corrected chi connectivity index (χ4v) is 4.59. The van der Waals surface area contributed by atoms with Gasteiger partial charge in [0.1, 0.15) is 5.82 Å². The number of carbonyl (C=O) groups is 1. The standard InChI is InChI=1S/C17H16ClFN2O3S/c18-14-4-3-5-15(19)16(14)17(22)20-12-6-8-13(9-7-12)21-10-1-2-11-25(21,23)24/h3-9H,1-2,10-11H2,(H,20,22). The molecular weight excluding hydrogens is 367 g/mol. The van der Waals surface area contributed by atoms with E-state index in [0.717, 1.165) is 12.5 Å². The quantitative estimate of drug-likeness (QED) is 0.880. The second kappa shape index (κ2) is 7.01. The molecule has 2 aromatic carbocycles. The van der Waals surface area contributed by atoms with Crippen molar-refractivity contribution in [2.45, 2.75) is 12.8 Å². The Labute approximate surface area is 150 Å². The molecule has 5 nitrogen and oxygen atoms in total. The molecule has 1 N–H and O–H groups in total. The number of amides is 1. The largest absolute Gasteiger partial charge is 0.322 e. The lowest BCUT2D eigenvalue weighted by molar-refractivity contribution is 0.102.